The van der Waals surface area contributed by atoms with Crippen molar-refractivity contribution in [1.82, 2.24) is 15.5 Å². The Labute approximate surface area is 243 Å². The third-order valence-electron chi connectivity index (χ3n) is 6.74. The zero-order valence-electron chi connectivity index (χ0n) is 23.4. The molecule has 39 heavy (non-hydrogen) atoms. The molecule has 1 aromatic rings. The van der Waals surface area contributed by atoms with E-state index < -0.39 is 48.6 Å². The van der Waals surface area contributed by atoms with Crippen LogP contribution < -0.4 is 10.6 Å². The van der Waals surface area contributed by atoms with Gasteiger partial charge in [0.15, 0.2) is 6.04 Å². The number of benzene rings is 1. The van der Waals surface area contributed by atoms with Gasteiger partial charge in [-0.3, -0.25) is 14.4 Å². The molecule has 11 heteroatoms. The average Bonchev–Trinajstić information content (AvgIpc) is 2.85. The molecule has 0 saturated carbocycles. The van der Waals surface area contributed by atoms with Crippen LogP contribution in [0, 0.1) is 15.4 Å². The van der Waals surface area contributed by atoms with Crippen molar-refractivity contribution in [3.8, 4) is 5.75 Å². The lowest BCUT2D eigenvalue weighted by molar-refractivity contribution is -0.154. The molecule has 2 rings (SSSR count). The van der Waals surface area contributed by atoms with Gasteiger partial charge in [-0.2, -0.15) is 0 Å². The van der Waals surface area contributed by atoms with Crippen molar-refractivity contribution in [2.45, 2.75) is 78.1 Å². The van der Waals surface area contributed by atoms with Crippen LogP contribution >= 0.6 is 22.6 Å². The van der Waals surface area contributed by atoms with Gasteiger partial charge in [0, 0.05) is 19.4 Å². The van der Waals surface area contributed by atoms with Crippen LogP contribution in [0.5, 0.6) is 5.75 Å². The summed E-state index contributed by atoms with van der Waals surface area (Å²) in [5, 5.41) is 25.1. The number of aromatic hydroxyl groups is 1. The molecule has 1 aliphatic heterocycles. The number of cyclic esters (lactones) is 1. The second-order valence-electron chi connectivity index (χ2n) is 10.5. The molecule has 216 valence electrons. The van der Waals surface area contributed by atoms with Crippen molar-refractivity contribution in [1.29, 1.82) is 0 Å². The second-order valence-corrected chi connectivity index (χ2v) is 11.7. The highest BCUT2D eigenvalue weighted by Crippen LogP contribution is 2.22. The van der Waals surface area contributed by atoms with Crippen LogP contribution in [0.1, 0.15) is 53.0 Å². The van der Waals surface area contributed by atoms with Crippen LogP contribution in [0.15, 0.2) is 29.8 Å². The van der Waals surface area contributed by atoms with Gasteiger partial charge in [-0.25, -0.2) is 4.79 Å². The fourth-order valence-electron chi connectivity index (χ4n) is 4.68. The molecular formula is C28H40IN3O7. The number of aliphatic hydroxyl groups excluding tert-OH is 1. The SMILES string of the molecule is C/C1=C\[C@H](C)C[C@H](C)OC(=O)C(CO)NC(=O)[C@@H](Cc2ccc(O)c(I)c2)N(C)C(=O)[C@H](C)NC(=O)[C@@H](C)C1. The Morgan fingerprint density at radius 1 is 1.08 bits per heavy atom. The average molecular weight is 658 g/mol. The Kier molecular flexibility index (Phi) is 12.2. The molecule has 6 atom stereocenters. The first-order valence-corrected chi connectivity index (χ1v) is 14.1. The summed E-state index contributed by atoms with van der Waals surface area (Å²) in [6.45, 7) is 8.32. The molecule has 10 nitrogen and oxygen atoms in total. The number of ether oxygens (including phenoxy) is 1. The second kappa shape index (κ2) is 14.6. The Bertz CT molecular complexity index is 1090. The van der Waals surface area contributed by atoms with Gasteiger partial charge in [0.25, 0.3) is 0 Å². The molecular weight excluding hydrogens is 617 g/mol. The molecule has 0 aliphatic carbocycles. The number of nitrogens with zero attached hydrogens (tertiary/aromatic N) is 1. The van der Waals surface area contributed by atoms with Crippen LogP contribution in [0.2, 0.25) is 0 Å². The first-order chi connectivity index (χ1) is 18.2. The number of phenols is 1. The first kappa shape index (κ1) is 32.5. The number of hydrogen-bond acceptors (Lipinski definition) is 7. The molecule has 1 aliphatic rings. The lowest BCUT2D eigenvalue weighted by Crippen LogP contribution is -2.57. The topological polar surface area (TPSA) is 145 Å². The number of phenolic OH excluding ortho intramolecular Hbond substituents is 1. The summed E-state index contributed by atoms with van der Waals surface area (Å²) in [5.74, 6) is -2.46. The van der Waals surface area contributed by atoms with Gasteiger partial charge >= 0.3 is 5.97 Å². The summed E-state index contributed by atoms with van der Waals surface area (Å²) in [6.07, 6.45) is 2.62. The molecule has 0 spiro atoms. The number of esters is 1. The minimum Gasteiger partial charge on any atom is -0.507 e. The van der Waals surface area contributed by atoms with Crippen molar-refractivity contribution in [2.24, 2.45) is 11.8 Å². The number of rotatable bonds is 3. The molecule has 0 bridgehead atoms. The fourth-order valence-corrected chi connectivity index (χ4v) is 5.26. The van der Waals surface area contributed by atoms with Gasteiger partial charge in [-0.1, -0.05) is 31.6 Å². The maximum absolute atomic E-state index is 13.5. The summed E-state index contributed by atoms with van der Waals surface area (Å²) in [6, 6.07) is 1.50. The summed E-state index contributed by atoms with van der Waals surface area (Å²) in [4.78, 5) is 53.7. The number of carbonyl (C=O) groups is 4. The predicted molar refractivity (Wildman–Crippen MR) is 155 cm³/mol. The molecule has 0 aromatic heterocycles. The van der Waals surface area contributed by atoms with E-state index in [1.54, 1.807) is 32.9 Å². The quantitative estimate of drug-likeness (QED) is 0.222. The normalized spacial score (nSPS) is 29.8. The van der Waals surface area contributed by atoms with E-state index in [4.69, 9.17) is 4.74 Å². The highest BCUT2D eigenvalue weighted by Gasteiger charge is 2.34. The van der Waals surface area contributed by atoms with E-state index in [-0.39, 0.29) is 29.9 Å². The van der Waals surface area contributed by atoms with Gasteiger partial charge in [-0.15, -0.1) is 0 Å². The number of likely N-dealkylation sites (N-methyl/N-ethyl adjacent to an activating group) is 1. The summed E-state index contributed by atoms with van der Waals surface area (Å²) in [5.41, 5.74) is 1.67. The van der Waals surface area contributed by atoms with E-state index in [0.717, 1.165) is 5.57 Å². The van der Waals surface area contributed by atoms with E-state index in [0.29, 0.717) is 22.0 Å². The van der Waals surface area contributed by atoms with Crippen molar-refractivity contribution in [3.63, 3.8) is 0 Å². The Morgan fingerprint density at radius 3 is 2.36 bits per heavy atom. The number of aliphatic hydroxyl groups is 1. The number of halogens is 1. The van der Waals surface area contributed by atoms with Crippen molar-refractivity contribution >= 4 is 46.3 Å². The van der Waals surface area contributed by atoms with Gasteiger partial charge in [0.05, 0.1) is 16.3 Å². The van der Waals surface area contributed by atoms with Crippen LogP contribution in [0.3, 0.4) is 0 Å². The molecule has 0 radical (unpaired) electrons. The number of allylic oxidation sites excluding steroid dienone is 2. The Balaban J connectivity index is 2.44. The molecule has 1 unspecified atom stereocenters. The highest BCUT2D eigenvalue weighted by molar-refractivity contribution is 14.1. The largest absolute Gasteiger partial charge is 0.507 e. The zero-order valence-corrected chi connectivity index (χ0v) is 25.5. The molecule has 1 aromatic carbocycles. The molecule has 4 N–H and O–H groups in total. The van der Waals surface area contributed by atoms with Crippen molar-refractivity contribution in [3.05, 3.63) is 39.0 Å². The monoisotopic (exact) mass is 657 g/mol. The zero-order chi connectivity index (χ0) is 29.4. The Morgan fingerprint density at radius 2 is 1.74 bits per heavy atom. The number of carbonyl (C=O) groups excluding carboxylic acids is 4. The van der Waals surface area contributed by atoms with E-state index >= 15 is 0 Å². The van der Waals surface area contributed by atoms with E-state index in [2.05, 4.69) is 10.6 Å². The lowest BCUT2D eigenvalue weighted by Gasteiger charge is -2.31. The van der Waals surface area contributed by atoms with Crippen LogP contribution in [0.25, 0.3) is 0 Å². The molecule has 0 saturated heterocycles. The van der Waals surface area contributed by atoms with E-state index in [9.17, 15) is 29.4 Å². The van der Waals surface area contributed by atoms with Crippen LogP contribution in [-0.4, -0.2) is 76.7 Å². The van der Waals surface area contributed by atoms with Crippen LogP contribution in [-0.2, 0) is 30.3 Å². The Hall–Kier alpha value is -2.67. The molecule has 1 heterocycles. The predicted octanol–water partition coefficient (Wildman–Crippen LogP) is 2.29. The maximum atomic E-state index is 13.5. The molecule has 0 fully saturated rings. The fraction of sp³-hybridized carbons (Fsp3) is 0.571. The van der Waals surface area contributed by atoms with Crippen molar-refractivity contribution < 1.29 is 34.1 Å². The van der Waals surface area contributed by atoms with Gasteiger partial charge in [0.2, 0.25) is 17.7 Å². The van der Waals surface area contributed by atoms with Crippen molar-refractivity contribution in [2.75, 3.05) is 13.7 Å². The number of hydrogen-bond donors (Lipinski definition) is 4. The van der Waals surface area contributed by atoms with Gasteiger partial charge in [-0.05, 0) is 79.8 Å². The summed E-state index contributed by atoms with van der Waals surface area (Å²) >= 11 is 1.96. The smallest absolute Gasteiger partial charge is 0.331 e. The number of amides is 3. The third kappa shape index (κ3) is 9.48. The first-order valence-electron chi connectivity index (χ1n) is 13.1. The standard InChI is InChI=1S/C28H40IN3O7/c1-15-9-16(2)11-18(4)39-28(38)22(14-33)31-26(36)23(13-20-7-8-24(34)21(29)12-20)32(6)27(37)19(5)30-25(35)17(3)10-15/h7-9,12,16-19,22-23,33-34H,10-11,13-14H2,1-6H3,(H,30,35)(H,31,36)/b15-9+/t16-,17-,18-,19-,22?,23+/m0/s1. The van der Waals surface area contributed by atoms with Gasteiger partial charge < -0.3 is 30.5 Å². The lowest BCUT2D eigenvalue weighted by atomic mass is 9.95. The van der Waals surface area contributed by atoms with Gasteiger partial charge in [0.1, 0.15) is 17.8 Å². The minimum atomic E-state index is -1.32. The highest BCUT2D eigenvalue weighted by atomic mass is 127. The number of nitrogens with one attached hydrogen (secondary N) is 2. The van der Waals surface area contributed by atoms with Crippen LogP contribution in [0.4, 0.5) is 0 Å². The van der Waals surface area contributed by atoms with E-state index in [1.165, 1.54) is 18.0 Å². The summed E-state index contributed by atoms with van der Waals surface area (Å²) < 4.78 is 6.09. The minimum absolute atomic E-state index is 0.0516. The molecule has 3 amide bonds. The van der Waals surface area contributed by atoms with E-state index in [1.807, 2.05) is 42.5 Å². The third-order valence-corrected chi connectivity index (χ3v) is 7.60. The maximum Gasteiger partial charge on any atom is 0.331 e. The summed E-state index contributed by atoms with van der Waals surface area (Å²) in [7, 11) is 1.45.